The third kappa shape index (κ3) is 1.22. The van der Waals surface area contributed by atoms with Gasteiger partial charge in [0.15, 0.2) is 12.2 Å². The van der Waals surface area contributed by atoms with Crippen molar-refractivity contribution >= 4 is 11.9 Å². The van der Waals surface area contributed by atoms with Crippen LogP contribution in [0, 0.1) is 0 Å². The van der Waals surface area contributed by atoms with E-state index in [1.165, 1.54) is 0 Å². The first-order valence-electron chi connectivity index (χ1n) is 7.11. The molecule has 5 aliphatic rings. The fourth-order valence-corrected chi connectivity index (χ4v) is 3.81. The normalized spacial score (nSPS) is 61.0. The van der Waals surface area contributed by atoms with Gasteiger partial charge < -0.3 is 39.4 Å². The summed E-state index contributed by atoms with van der Waals surface area (Å²) in [7, 11) is 0. The van der Waals surface area contributed by atoms with Crippen molar-refractivity contribution in [3.63, 3.8) is 0 Å². The summed E-state index contributed by atoms with van der Waals surface area (Å²) in [4.78, 5) is 24.1. The Morgan fingerprint density at radius 3 is 1.62 bits per heavy atom. The molecule has 132 valence electrons. The molecule has 5 saturated heterocycles. The molecular weight excluding hydrogens is 336 g/mol. The van der Waals surface area contributed by atoms with Crippen LogP contribution in [-0.2, 0) is 38.0 Å². The quantitative estimate of drug-likeness (QED) is 0.309. The van der Waals surface area contributed by atoms with Crippen LogP contribution in [-0.4, -0.2) is 93.1 Å². The summed E-state index contributed by atoms with van der Waals surface area (Å²) in [5.41, 5.74) is 0. The maximum absolute atomic E-state index is 12.1. The highest BCUT2D eigenvalue weighted by Crippen LogP contribution is 2.60. The molecule has 8 atom stereocenters. The van der Waals surface area contributed by atoms with Gasteiger partial charge in [-0.1, -0.05) is 0 Å². The fourth-order valence-electron chi connectivity index (χ4n) is 3.81. The number of hydrogen-bond donors (Lipinski definition) is 4. The molecule has 6 unspecified atom stereocenters. The highest BCUT2D eigenvalue weighted by Gasteiger charge is 2.91. The van der Waals surface area contributed by atoms with Gasteiger partial charge in [-0.3, -0.25) is 9.47 Å². The van der Waals surface area contributed by atoms with Crippen molar-refractivity contribution in [3.8, 4) is 0 Å². The number of rotatable bonds is 0. The van der Waals surface area contributed by atoms with Crippen molar-refractivity contribution in [1.82, 2.24) is 0 Å². The highest BCUT2D eigenvalue weighted by atomic mass is 16.9. The molecule has 5 heterocycles. The summed E-state index contributed by atoms with van der Waals surface area (Å²) in [6, 6.07) is 0. The zero-order valence-corrected chi connectivity index (χ0v) is 11.8. The molecule has 5 aliphatic heterocycles. The Balaban J connectivity index is 1.70. The molecule has 12 nitrogen and oxygen atoms in total. The molecule has 0 bridgehead atoms. The van der Waals surface area contributed by atoms with Gasteiger partial charge >= 0.3 is 23.5 Å². The minimum atomic E-state index is -3.06. The SMILES string of the molecule is O=C1OC2C(O)COC23OC24OCC(O)C2OC(=O)[C@@]4(O)O[C@]13O. The van der Waals surface area contributed by atoms with Gasteiger partial charge in [0.25, 0.3) is 11.6 Å². The molecule has 0 aromatic rings. The summed E-state index contributed by atoms with van der Waals surface area (Å²) in [5, 5.41) is 41.1. The molecule has 0 aromatic heterocycles. The minimum absolute atomic E-state index is 0.389. The van der Waals surface area contributed by atoms with Crippen LogP contribution in [0.25, 0.3) is 0 Å². The maximum atomic E-state index is 12.1. The zero-order chi connectivity index (χ0) is 17.1. The van der Waals surface area contributed by atoms with Gasteiger partial charge in [-0.25, -0.2) is 9.59 Å². The van der Waals surface area contributed by atoms with E-state index in [4.69, 9.17) is 28.4 Å². The summed E-state index contributed by atoms with van der Waals surface area (Å²) in [5.74, 6) is -13.8. The van der Waals surface area contributed by atoms with Gasteiger partial charge in [0.2, 0.25) is 0 Å². The third-order valence-electron chi connectivity index (χ3n) is 4.95. The second kappa shape index (κ2) is 3.89. The maximum Gasteiger partial charge on any atom is 0.373 e. The molecule has 0 aliphatic carbocycles. The molecule has 12 heteroatoms. The van der Waals surface area contributed by atoms with E-state index in [2.05, 4.69) is 0 Å². The Kier molecular flexibility index (Phi) is 2.42. The standard InChI is InChI=1S/C12H12O12/c13-3-1-19-11-5(3)21-7(15)9(11,17)23-10(18)8(16)22-6-4(14)2-20-12(6,10)24-11/h3-6,13-14,17-18H,1-2H2/t3?,4?,5?,6?,9-,10-,11?,12?/m1/s1. The fraction of sp³-hybridized carbons (Fsp3) is 0.833. The first kappa shape index (κ1) is 14.9. The van der Waals surface area contributed by atoms with Gasteiger partial charge in [-0.05, 0) is 0 Å². The van der Waals surface area contributed by atoms with Crippen LogP contribution in [0.2, 0.25) is 0 Å². The van der Waals surface area contributed by atoms with Crippen molar-refractivity contribution in [2.45, 2.75) is 47.6 Å². The van der Waals surface area contributed by atoms with Crippen LogP contribution >= 0.6 is 0 Å². The Labute approximate surface area is 132 Å². The monoisotopic (exact) mass is 348 g/mol. The number of carbonyl (C=O) groups excluding carboxylic acids is 2. The lowest BCUT2D eigenvalue weighted by atomic mass is 9.93. The first-order chi connectivity index (χ1) is 11.2. The largest absolute Gasteiger partial charge is 0.449 e. The summed E-state index contributed by atoms with van der Waals surface area (Å²) in [6.07, 6.45) is -5.74. The molecule has 0 amide bonds. The van der Waals surface area contributed by atoms with E-state index in [1.54, 1.807) is 0 Å². The second-order valence-electron chi connectivity index (χ2n) is 6.24. The number of aliphatic hydroxyl groups excluding tert-OH is 2. The van der Waals surface area contributed by atoms with E-state index in [1.807, 2.05) is 0 Å². The molecule has 0 aromatic carbocycles. The first-order valence-corrected chi connectivity index (χ1v) is 7.11. The highest BCUT2D eigenvalue weighted by molar-refractivity contribution is 5.87. The lowest BCUT2D eigenvalue weighted by molar-refractivity contribution is -0.529. The average molecular weight is 348 g/mol. The predicted octanol–water partition coefficient (Wildman–Crippen LogP) is -4.56. The van der Waals surface area contributed by atoms with E-state index in [-0.39, 0.29) is 13.2 Å². The Morgan fingerprint density at radius 1 is 0.792 bits per heavy atom. The van der Waals surface area contributed by atoms with Crippen LogP contribution in [0.4, 0.5) is 0 Å². The van der Waals surface area contributed by atoms with E-state index in [0.29, 0.717) is 0 Å². The van der Waals surface area contributed by atoms with E-state index < -0.39 is 59.5 Å². The topological polar surface area (TPSA) is 170 Å². The minimum Gasteiger partial charge on any atom is -0.449 e. The Morgan fingerprint density at radius 2 is 1.21 bits per heavy atom. The third-order valence-corrected chi connectivity index (χ3v) is 4.95. The van der Waals surface area contributed by atoms with Crippen molar-refractivity contribution < 1.29 is 58.4 Å². The Hall–Kier alpha value is -1.38. The number of aliphatic hydroxyl groups is 4. The molecule has 2 spiro atoms. The van der Waals surface area contributed by atoms with Crippen LogP contribution in [0.15, 0.2) is 0 Å². The van der Waals surface area contributed by atoms with Crippen molar-refractivity contribution in [2.24, 2.45) is 0 Å². The molecule has 4 N–H and O–H groups in total. The molecular formula is C12H12O12. The molecule has 0 saturated carbocycles. The number of carbonyl (C=O) groups is 2. The van der Waals surface area contributed by atoms with E-state index in [0.717, 1.165) is 0 Å². The number of hydrogen-bond acceptors (Lipinski definition) is 12. The van der Waals surface area contributed by atoms with Crippen molar-refractivity contribution in [2.75, 3.05) is 13.2 Å². The van der Waals surface area contributed by atoms with Gasteiger partial charge in [0.05, 0.1) is 13.2 Å². The summed E-state index contributed by atoms with van der Waals surface area (Å²) >= 11 is 0. The average Bonchev–Trinajstić information content (AvgIpc) is 3.13. The molecule has 5 fully saturated rings. The summed E-state index contributed by atoms with van der Waals surface area (Å²) < 4.78 is 30.8. The van der Waals surface area contributed by atoms with Crippen molar-refractivity contribution in [1.29, 1.82) is 0 Å². The lowest BCUT2D eigenvalue weighted by Crippen LogP contribution is -2.78. The predicted molar refractivity (Wildman–Crippen MR) is 61.2 cm³/mol. The van der Waals surface area contributed by atoms with E-state index >= 15 is 0 Å². The van der Waals surface area contributed by atoms with Gasteiger partial charge in [0, 0.05) is 0 Å². The summed E-state index contributed by atoms with van der Waals surface area (Å²) in [6.45, 7) is -0.777. The van der Waals surface area contributed by atoms with Crippen LogP contribution in [0.5, 0.6) is 0 Å². The van der Waals surface area contributed by atoms with E-state index in [9.17, 15) is 30.0 Å². The second-order valence-corrected chi connectivity index (χ2v) is 6.24. The number of esters is 2. The van der Waals surface area contributed by atoms with Gasteiger partial charge in [0.1, 0.15) is 12.2 Å². The smallest absolute Gasteiger partial charge is 0.373 e. The molecule has 0 radical (unpaired) electrons. The van der Waals surface area contributed by atoms with Crippen LogP contribution < -0.4 is 0 Å². The Bertz CT molecular complexity index is 612. The van der Waals surface area contributed by atoms with Crippen LogP contribution in [0.3, 0.4) is 0 Å². The zero-order valence-electron chi connectivity index (χ0n) is 11.8. The lowest BCUT2D eigenvalue weighted by Gasteiger charge is -2.50. The van der Waals surface area contributed by atoms with Gasteiger partial charge in [-0.15, -0.1) is 0 Å². The van der Waals surface area contributed by atoms with Crippen LogP contribution in [0.1, 0.15) is 0 Å². The molecule has 24 heavy (non-hydrogen) atoms. The van der Waals surface area contributed by atoms with Crippen molar-refractivity contribution in [3.05, 3.63) is 0 Å². The number of ether oxygens (including phenoxy) is 6. The molecule has 5 rings (SSSR count). The van der Waals surface area contributed by atoms with Gasteiger partial charge in [-0.2, -0.15) is 0 Å².